The highest BCUT2D eigenvalue weighted by Crippen LogP contribution is 2.33. The van der Waals surface area contributed by atoms with E-state index < -0.39 is 11.7 Å². The summed E-state index contributed by atoms with van der Waals surface area (Å²) >= 11 is 0. The summed E-state index contributed by atoms with van der Waals surface area (Å²) in [6, 6.07) is 10.6. The van der Waals surface area contributed by atoms with Gasteiger partial charge in [-0.1, -0.05) is 49.4 Å². The molecule has 0 bridgehead atoms. The summed E-state index contributed by atoms with van der Waals surface area (Å²) in [5.41, 5.74) is 6.48. The zero-order valence-electron chi connectivity index (χ0n) is 14.5. The molecule has 0 fully saturated rings. The molecule has 1 amide bonds. The molecule has 23 heavy (non-hydrogen) atoms. The number of hydrogen-bond acceptors (Lipinski definition) is 3. The maximum Gasteiger partial charge on any atom is 0.422 e. The highest BCUT2D eigenvalue weighted by Gasteiger charge is 2.24. The van der Waals surface area contributed by atoms with Crippen LogP contribution in [0.2, 0.25) is 0 Å². The molecule has 2 rings (SSSR count). The number of benzene rings is 1. The molecule has 4 nitrogen and oxygen atoms in total. The predicted octanol–water partition coefficient (Wildman–Crippen LogP) is 4.01. The van der Waals surface area contributed by atoms with E-state index in [-0.39, 0.29) is 0 Å². The third-order valence-electron chi connectivity index (χ3n) is 4.10. The third kappa shape index (κ3) is 5.71. The Hall–Kier alpha value is -1.81. The van der Waals surface area contributed by atoms with Crippen LogP contribution in [0.4, 0.5) is 4.79 Å². The van der Waals surface area contributed by atoms with Crippen molar-refractivity contribution >= 4 is 6.09 Å². The number of hydrazine groups is 1. The molecule has 1 aliphatic carbocycles. The fourth-order valence-corrected chi connectivity index (χ4v) is 2.88. The number of carbonyl (C=O) groups is 1. The summed E-state index contributed by atoms with van der Waals surface area (Å²) < 4.78 is 5.20. The fourth-order valence-electron chi connectivity index (χ4n) is 2.88. The van der Waals surface area contributed by atoms with Crippen LogP contribution in [0.25, 0.3) is 0 Å². The van der Waals surface area contributed by atoms with Crippen molar-refractivity contribution in [1.29, 1.82) is 0 Å². The standard InChI is InChI=1S/C19H28N2O2/c1-14-12-16(15-8-6-5-7-9-15)10-11-17(14)13-20-21-18(22)23-19(2,3)4/h5-11,14,16-17,20H,12-13H2,1-4H3,(H,21,22). The van der Waals surface area contributed by atoms with Gasteiger partial charge in [0.2, 0.25) is 0 Å². The van der Waals surface area contributed by atoms with Gasteiger partial charge in [0, 0.05) is 12.5 Å². The van der Waals surface area contributed by atoms with Gasteiger partial charge in [0.25, 0.3) is 0 Å². The Bertz CT molecular complexity index is 534. The summed E-state index contributed by atoms with van der Waals surface area (Å²) in [6.45, 7) is 8.52. The Morgan fingerprint density at radius 1 is 1.22 bits per heavy atom. The van der Waals surface area contributed by atoms with Crippen molar-refractivity contribution in [2.24, 2.45) is 11.8 Å². The number of hydrogen-bond donors (Lipinski definition) is 2. The van der Waals surface area contributed by atoms with Gasteiger partial charge in [-0.2, -0.15) is 0 Å². The molecule has 2 N–H and O–H groups in total. The number of nitrogens with one attached hydrogen (secondary N) is 2. The fraction of sp³-hybridized carbons (Fsp3) is 0.526. The molecular formula is C19H28N2O2. The van der Waals surface area contributed by atoms with Gasteiger partial charge in [-0.3, -0.25) is 5.43 Å². The van der Waals surface area contributed by atoms with Crippen molar-refractivity contribution in [1.82, 2.24) is 10.9 Å². The van der Waals surface area contributed by atoms with E-state index in [0.717, 1.165) is 6.42 Å². The monoisotopic (exact) mass is 316 g/mol. The van der Waals surface area contributed by atoms with Crippen molar-refractivity contribution < 1.29 is 9.53 Å². The highest BCUT2D eigenvalue weighted by molar-refractivity contribution is 5.66. The first-order valence-corrected chi connectivity index (χ1v) is 8.30. The Balaban J connectivity index is 1.80. The lowest BCUT2D eigenvalue weighted by Crippen LogP contribution is -2.44. The lowest BCUT2D eigenvalue weighted by Gasteiger charge is -2.30. The predicted molar refractivity (Wildman–Crippen MR) is 93.0 cm³/mol. The molecule has 1 aromatic carbocycles. The van der Waals surface area contributed by atoms with Crippen LogP contribution in [0, 0.1) is 11.8 Å². The van der Waals surface area contributed by atoms with Crippen molar-refractivity contribution in [3.8, 4) is 0 Å². The molecular weight excluding hydrogens is 288 g/mol. The quantitative estimate of drug-likeness (QED) is 0.652. The van der Waals surface area contributed by atoms with E-state index in [9.17, 15) is 4.79 Å². The van der Waals surface area contributed by atoms with Gasteiger partial charge in [0.05, 0.1) is 0 Å². The summed E-state index contributed by atoms with van der Waals surface area (Å²) in [5, 5.41) is 0. The molecule has 1 aromatic rings. The van der Waals surface area contributed by atoms with Gasteiger partial charge < -0.3 is 4.74 Å². The number of carbonyl (C=O) groups excluding carboxylic acids is 1. The van der Waals surface area contributed by atoms with E-state index in [0.29, 0.717) is 24.3 Å². The molecule has 0 aliphatic heterocycles. The first-order chi connectivity index (χ1) is 10.8. The van der Waals surface area contributed by atoms with Gasteiger partial charge in [-0.05, 0) is 44.6 Å². The second kappa shape index (κ2) is 7.64. The van der Waals surface area contributed by atoms with Crippen LogP contribution in [0.3, 0.4) is 0 Å². The molecule has 3 unspecified atom stereocenters. The van der Waals surface area contributed by atoms with Crippen LogP contribution in [0.1, 0.15) is 45.6 Å². The van der Waals surface area contributed by atoms with E-state index >= 15 is 0 Å². The molecule has 0 aromatic heterocycles. The lowest BCUT2D eigenvalue weighted by atomic mass is 9.77. The van der Waals surface area contributed by atoms with E-state index in [1.54, 1.807) is 0 Å². The van der Waals surface area contributed by atoms with Gasteiger partial charge in [0.1, 0.15) is 5.60 Å². The minimum atomic E-state index is -0.479. The van der Waals surface area contributed by atoms with Crippen LogP contribution in [-0.4, -0.2) is 18.2 Å². The van der Waals surface area contributed by atoms with Crippen LogP contribution in [0.5, 0.6) is 0 Å². The number of ether oxygens (including phenoxy) is 1. The first-order valence-electron chi connectivity index (χ1n) is 8.30. The maximum atomic E-state index is 11.6. The minimum absolute atomic E-state index is 0.407. The van der Waals surface area contributed by atoms with E-state index in [2.05, 4.69) is 60.3 Å². The lowest BCUT2D eigenvalue weighted by molar-refractivity contribution is 0.0494. The molecule has 0 spiro atoms. The number of allylic oxidation sites excluding steroid dienone is 1. The van der Waals surface area contributed by atoms with Crippen molar-refractivity contribution in [3.63, 3.8) is 0 Å². The largest absolute Gasteiger partial charge is 0.443 e. The molecule has 3 atom stereocenters. The average Bonchev–Trinajstić information content (AvgIpc) is 2.48. The third-order valence-corrected chi connectivity index (χ3v) is 4.10. The summed E-state index contributed by atoms with van der Waals surface area (Å²) in [4.78, 5) is 11.6. The Morgan fingerprint density at radius 2 is 1.91 bits per heavy atom. The molecule has 0 saturated heterocycles. The minimum Gasteiger partial charge on any atom is -0.443 e. The van der Waals surface area contributed by atoms with Crippen LogP contribution >= 0.6 is 0 Å². The molecule has 0 saturated carbocycles. The topological polar surface area (TPSA) is 50.4 Å². The van der Waals surface area contributed by atoms with Crippen molar-refractivity contribution in [3.05, 3.63) is 48.0 Å². The number of amides is 1. The molecule has 0 heterocycles. The Labute approximate surface area is 139 Å². The van der Waals surface area contributed by atoms with Crippen LogP contribution in [0.15, 0.2) is 42.5 Å². The van der Waals surface area contributed by atoms with Gasteiger partial charge in [0.15, 0.2) is 0 Å². The maximum absolute atomic E-state index is 11.6. The Morgan fingerprint density at radius 3 is 2.52 bits per heavy atom. The highest BCUT2D eigenvalue weighted by atomic mass is 16.6. The van der Waals surface area contributed by atoms with Crippen molar-refractivity contribution in [2.75, 3.05) is 6.54 Å². The number of rotatable bonds is 4. The van der Waals surface area contributed by atoms with E-state index in [1.807, 2.05) is 20.8 Å². The molecule has 4 heteroatoms. The van der Waals surface area contributed by atoms with Crippen LogP contribution in [-0.2, 0) is 4.74 Å². The SMILES string of the molecule is CC1CC(c2ccccc2)C=CC1CNNC(=O)OC(C)(C)C. The molecule has 0 radical (unpaired) electrons. The zero-order chi connectivity index (χ0) is 16.9. The van der Waals surface area contributed by atoms with Gasteiger partial charge >= 0.3 is 6.09 Å². The summed E-state index contributed by atoms with van der Waals surface area (Å²) in [7, 11) is 0. The smallest absolute Gasteiger partial charge is 0.422 e. The van der Waals surface area contributed by atoms with Gasteiger partial charge in [-0.15, -0.1) is 0 Å². The Kier molecular flexibility index (Phi) is 5.83. The van der Waals surface area contributed by atoms with Crippen LogP contribution < -0.4 is 10.9 Å². The normalized spacial score (nSPS) is 24.3. The summed E-state index contributed by atoms with van der Waals surface area (Å²) in [6.07, 6.45) is 5.23. The van der Waals surface area contributed by atoms with E-state index in [1.165, 1.54) is 5.56 Å². The first kappa shape index (κ1) is 17.5. The molecule has 1 aliphatic rings. The second-order valence-corrected chi connectivity index (χ2v) is 7.29. The zero-order valence-corrected chi connectivity index (χ0v) is 14.5. The van der Waals surface area contributed by atoms with Crippen molar-refractivity contribution in [2.45, 2.75) is 45.6 Å². The molecule has 126 valence electrons. The second-order valence-electron chi connectivity index (χ2n) is 7.29. The summed E-state index contributed by atoms with van der Waals surface area (Å²) in [5.74, 6) is 1.45. The van der Waals surface area contributed by atoms with E-state index in [4.69, 9.17) is 4.74 Å². The average molecular weight is 316 g/mol. The van der Waals surface area contributed by atoms with Gasteiger partial charge in [-0.25, -0.2) is 10.2 Å².